The molecular formula is C42H28N2O3. The van der Waals surface area contributed by atoms with Gasteiger partial charge in [-0.15, -0.1) is 0 Å². The number of hydrogen-bond acceptors (Lipinski definition) is 5. The molecule has 5 heteroatoms. The Balaban J connectivity index is 1.17. The van der Waals surface area contributed by atoms with Crippen molar-refractivity contribution in [3.05, 3.63) is 170 Å². The molecule has 0 unspecified atom stereocenters. The Hall–Kier alpha value is -6.46. The van der Waals surface area contributed by atoms with Crippen LogP contribution in [0.3, 0.4) is 0 Å². The van der Waals surface area contributed by atoms with Crippen LogP contribution in [0.1, 0.15) is 0 Å². The van der Waals surface area contributed by atoms with E-state index in [4.69, 9.17) is 13.9 Å². The molecule has 0 fully saturated rings. The molecule has 0 amide bonds. The van der Waals surface area contributed by atoms with Gasteiger partial charge in [0.15, 0.2) is 23.0 Å². The summed E-state index contributed by atoms with van der Waals surface area (Å²) >= 11 is 0. The monoisotopic (exact) mass is 608 g/mol. The SMILES string of the molecule is c1ccc(N(c2ccccc2)c2ccc3c(c2)Oc2cccc(N(c4ccccc4)c4cccc5oc6ccccc6c45)c2O3)cc1. The van der Waals surface area contributed by atoms with Crippen LogP contribution >= 0.6 is 0 Å². The lowest BCUT2D eigenvalue weighted by Gasteiger charge is -2.31. The van der Waals surface area contributed by atoms with Crippen LogP contribution in [0.4, 0.5) is 34.1 Å². The molecule has 0 radical (unpaired) electrons. The first kappa shape index (κ1) is 26.9. The summed E-state index contributed by atoms with van der Waals surface area (Å²) in [5.41, 5.74) is 7.58. The molecule has 47 heavy (non-hydrogen) atoms. The fourth-order valence-corrected chi connectivity index (χ4v) is 6.42. The second kappa shape index (κ2) is 11.2. The molecule has 0 saturated carbocycles. The van der Waals surface area contributed by atoms with E-state index >= 15 is 0 Å². The highest BCUT2D eigenvalue weighted by atomic mass is 16.6. The standard InChI is InChI=1S/C42H28N2O3/c1-4-14-29(15-5-1)43(30-16-6-2-7-17-30)32-26-27-37-40(28-32)46-39-25-13-22-35(42(39)47-37)44(31-18-8-3-9-19-31)34-21-12-24-38-41(34)33-20-10-11-23-36(33)45-38/h1-28H. The van der Waals surface area contributed by atoms with E-state index in [1.165, 1.54) is 0 Å². The molecule has 2 heterocycles. The van der Waals surface area contributed by atoms with Gasteiger partial charge in [-0.05, 0) is 78.9 Å². The van der Waals surface area contributed by atoms with Gasteiger partial charge < -0.3 is 23.7 Å². The molecule has 224 valence electrons. The van der Waals surface area contributed by atoms with E-state index in [1.54, 1.807) is 0 Å². The quantitative estimate of drug-likeness (QED) is 0.188. The normalized spacial score (nSPS) is 11.7. The number of ether oxygens (including phenoxy) is 2. The number of anilines is 6. The second-order valence-corrected chi connectivity index (χ2v) is 11.4. The minimum absolute atomic E-state index is 0.642. The predicted molar refractivity (Wildman–Crippen MR) is 190 cm³/mol. The van der Waals surface area contributed by atoms with Crippen LogP contribution in [0.2, 0.25) is 0 Å². The summed E-state index contributed by atoms with van der Waals surface area (Å²) in [6.45, 7) is 0. The van der Waals surface area contributed by atoms with Crippen molar-refractivity contribution in [1.29, 1.82) is 0 Å². The summed E-state index contributed by atoms with van der Waals surface area (Å²) in [5, 5.41) is 2.09. The zero-order valence-corrected chi connectivity index (χ0v) is 25.3. The van der Waals surface area contributed by atoms with E-state index in [2.05, 4.69) is 70.5 Å². The van der Waals surface area contributed by atoms with Crippen molar-refractivity contribution < 1.29 is 13.9 Å². The molecule has 0 atom stereocenters. The minimum Gasteiger partial charge on any atom is -0.456 e. The fourth-order valence-electron chi connectivity index (χ4n) is 6.42. The molecule has 7 aromatic carbocycles. The molecule has 0 aliphatic carbocycles. The first-order valence-electron chi connectivity index (χ1n) is 15.6. The summed E-state index contributed by atoms with van der Waals surface area (Å²) in [5.74, 6) is 2.58. The highest BCUT2D eigenvalue weighted by Crippen LogP contribution is 2.54. The van der Waals surface area contributed by atoms with Crippen molar-refractivity contribution in [2.45, 2.75) is 0 Å². The number of furan rings is 1. The first-order chi connectivity index (χ1) is 23.3. The van der Waals surface area contributed by atoms with Crippen molar-refractivity contribution in [2.24, 2.45) is 0 Å². The van der Waals surface area contributed by atoms with Gasteiger partial charge in [-0.3, -0.25) is 0 Å². The van der Waals surface area contributed by atoms with E-state index in [-0.39, 0.29) is 0 Å². The van der Waals surface area contributed by atoms with Crippen molar-refractivity contribution in [1.82, 2.24) is 0 Å². The Morgan fingerprint density at radius 3 is 1.68 bits per heavy atom. The molecule has 0 bridgehead atoms. The molecule has 0 N–H and O–H groups in total. The predicted octanol–water partition coefficient (Wildman–Crippen LogP) is 12.4. The van der Waals surface area contributed by atoms with Crippen molar-refractivity contribution in [3.8, 4) is 23.0 Å². The van der Waals surface area contributed by atoms with Gasteiger partial charge in [-0.25, -0.2) is 0 Å². The van der Waals surface area contributed by atoms with Crippen LogP contribution in [0.5, 0.6) is 23.0 Å². The molecule has 8 aromatic rings. The number of benzene rings is 7. The van der Waals surface area contributed by atoms with Gasteiger partial charge in [-0.1, -0.05) is 84.9 Å². The topological polar surface area (TPSA) is 38.1 Å². The van der Waals surface area contributed by atoms with E-state index in [9.17, 15) is 0 Å². The van der Waals surface area contributed by atoms with Crippen molar-refractivity contribution in [2.75, 3.05) is 9.80 Å². The molecule has 1 aliphatic heterocycles. The summed E-state index contributed by atoms with van der Waals surface area (Å²) in [6, 6.07) is 57.5. The van der Waals surface area contributed by atoms with Gasteiger partial charge in [-0.2, -0.15) is 0 Å². The fraction of sp³-hybridized carbons (Fsp3) is 0. The van der Waals surface area contributed by atoms with Crippen LogP contribution in [-0.2, 0) is 0 Å². The van der Waals surface area contributed by atoms with Gasteiger partial charge in [0.1, 0.15) is 11.2 Å². The third kappa shape index (κ3) is 4.64. The maximum Gasteiger partial charge on any atom is 0.194 e. The zero-order chi connectivity index (χ0) is 31.2. The summed E-state index contributed by atoms with van der Waals surface area (Å²) in [6.07, 6.45) is 0. The molecule has 0 saturated heterocycles. The Kier molecular flexibility index (Phi) is 6.39. The smallest absolute Gasteiger partial charge is 0.194 e. The third-order valence-corrected chi connectivity index (χ3v) is 8.48. The Bertz CT molecular complexity index is 2330. The third-order valence-electron chi connectivity index (χ3n) is 8.48. The van der Waals surface area contributed by atoms with Crippen LogP contribution in [0.25, 0.3) is 21.9 Å². The van der Waals surface area contributed by atoms with Gasteiger partial charge >= 0.3 is 0 Å². The maximum atomic E-state index is 6.75. The van der Waals surface area contributed by atoms with E-state index in [1.807, 2.05) is 109 Å². The van der Waals surface area contributed by atoms with Crippen molar-refractivity contribution >= 4 is 56.1 Å². The van der Waals surface area contributed by atoms with E-state index in [0.29, 0.717) is 23.0 Å². The summed E-state index contributed by atoms with van der Waals surface area (Å²) < 4.78 is 19.7. The number of hydrogen-bond donors (Lipinski definition) is 0. The number of para-hydroxylation sites is 5. The van der Waals surface area contributed by atoms with Crippen LogP contribution in [-0.4, -0.2) is 0 Å². The number of nitrogens with zero attached hydrogens (tertiary/aromatic N) is 2. The van der Waals surface area contributed by atoms with Gasteiger partial charge in [0, 0.05) is 28.5 Å². The van der Waals surface area contributed by atoms with E-state index in [0.717, 1.165) is 56.1 Å². The van der Waals surface area contributed by atoms with Crippen LogP contribution in [0.15, 0.2) is 174 Å². The van der Waals surface area contributed by atoms with Crippen LogP contribution < -0.4 is 19.3 Å². The lowest BCUT2D eigenvalue weighted by molar-refractivity contribution is 0.360. The van der Waals surface area contributed by atoms with E-state index < -0.39 is 0 Å². The molecule has 5 nitrogen and oxygen atoms in total. The average Bonchev–Trinajstić information content (AvgIpc) is 3.52. The van der Waals surface area contributed by atoms with Gasteiger partial charge in [0.05, 0.1) is 22.4 Å². The Morgan fingerprint density at radius 1 is 0.362 bits per heavy atom. The lowest BCUT2D eigenvalue weighted by Crippen LogP contribution is -2.13. The van der Waals surface area contributed by atoms with Crippen LogP contribution in [0, 0.1) is 0 Å². The number of rotatable bonds is 6. The van der Waals surface area contributed by atoms with Gasteiger partial charge in [0.2, 0.25) is 0 Å². The number of fused-ring (bicyclic) bond motifs is 5. The highest BCUT2D eigenvalue weighted by Gasteiger charge is 2.28. The van der Waals surface area contributed by atoms with Crippen molar-refractivity contribution in [3.63, 3.8) is 0 Å². The molecule has 9 rings (SSSR count). The largest absolute Gasteiger partial charge is 0.456 e. The first-order valence-corrected chi connectivity index (χ1v) is 15.6. The molecular weight excluding hydrogens is 580 g/mol. The maximum absolute atomic E-state index is 6.75. The minimum atomic E-state index is 0.642. The molecule has 1 aliphatic rings. The second-order valence-electron chi connectivity index (χ2n) is 11.4. The summed E-state index contributed by atoms with van der Waals surface area (Å²) in [4.78, 5) is 4.43. The zero-order valence-electron chi connectivity index (χ0n) is 25.3. The lowest BCUT2D eigenvalue weighted by atomic mass is 10.1. The molecule has 1 aromatic heterocycles. The Morgan fingerprint density at radius 2 is 0.957 bits per heavy atom. The average molecular weight is 609 g/mol. The van der Waals surface area contributed by atoms with Gasteiger partial charge in [0.25, 0.3) is 0 Å². The summed E-state index contributed by atoms with van der Waals surface area (Å²) in [7, 11) is 0. The Labute approximate surface area is 272 Å². The highest BCUT2D eigenvalue weighted by molar-refractivity contribution is 6.13. The molecule has 0 spiro atoms.